The molecule has 2 amide bonds. The summed E-state index contributed by atoms with van der Waals surface area (Å²) in [4.78, 5) is 29.0. The number of hydrogen-bond donors (Lipinski definition) is 1. The number of piperidine rings is 1. The number of morpholine rings is 1. The SMILES string of the molecule is O=C(C1CCCN1C(=O)C1CCCCN1)N1CCOCC1. The summed E-state index contributed by atoms with van der Waals surface area (Å²) >= 11 is 0. The zero-order valence-electron chi connectivity index (χ0n) is 12.6. The van der Waals surface area contributed by atoms with Crippen LogP contribution in [-0.2, 0) is 14.3 Å². The minimum atomic E-state index is -0.251. The fraction of sp³-hybridized carbons (Fsp3) is 0.867. The second kappa shape index (κ2) is 6.75. The second-order valence-corrected chi connectivity index (χ2v) is 6.13. The number of likely N-dealkylation sites (tertiary alicyclic amines) is 1. The van der Waals surface area contributed by atoms with Gasteiger partial charge < -0.3 is 19.9 Å². The van der Waals surface area contributed by atoms with E-state index >= 15 is 0 Å². The predicted molar refractivity (Wildman–Crippen MR) is 77.8 cm³/mol. The van der Waals surface area contributed by atoms with E-state index < -0.39 is 0 Å². The lowest BCUT2D eigenvalue weighted by atomic mass is 10.0. The molecular weight excluding hydrogens is 270 g/mol. The van der Waals surface area contributed by atoms with E-state index in [-0.39, 0.29) is 23.9 Å². The highest BCUT2D eigenvalue weighted by Crippen LogP contribution is 2.22. The van der Waals surface area contributed by atoms with E-state index in [2.05, 4.69) is 5.32 Å². The molecule has 0 aromatic rings. The Kier molecular flexibility index (Phi) is 4.75. The Hall–Kier alpha value is -1.14. The van der Waals surface area contributed by atoms with Gasteiger partial charge in [-0.3, -0.25) is 9.59 Å². The maximum absolute atomic E-state index is 12.7. The lowest BCUT2D eigenvalue weighted by Gasteiger charge is -2.34. The topological polar surface area (TPSA) is 61.9 Å². The number of nitrogens with zero attached hydrogens (tertiary/aromatic N) is 2. The third kappa shape index (κ3) is 3.21. The average molecular weight is 295 g/mol. The molecule has 0 spiro atoms. The zero-order chi connectivity index (χ0) is 14.7. The molecule has 0 saturated carbocycles. The van der Waals surface area contributed by atoms with Crippen LogP contribution in [0.15, 0.2) is 0 Å². The van der Waals surface area contributed by atoms with Crippen molar-refractivity contribution in [1.82, 2.24) is 15.1 Å². The molecule has 118 valence electrons. The number of carbonyl (C=O) groups excluding carboxylic acids is 2. The van der Waals surface area contributed by atoms with Gasteiger partial charge >= 0.3 is 0 Å². The van der Waals surface area contributed by atoms with Gasteiger partial charge in [-0.1, -0.05) is 6.42 Å². The smallest absolute Gasteiger partial charge is 0.245 e. The van der Waals surface area contributed by atoms with E-state index in [9.17, 15) is 9.59 Å². The van der Waals surface area contributed by atoms with Gasteiger partial charge in [-0.25, -0.2) is 0 Å². The molecule has 6 heteroatoms. The minimum Gasteiger partial charge on any atom is -0.378 e. The van der Waals surface area contributed by atoms with Crippen molar-refractivity contribution in [1.29, 1.82) is 0 Å². The van der Waals surface area contributed by atoms with Crippen molar-refractivity contribution in [3.63, 3.8) is 0 Å². The minimum absolute atomic E-state index is 0.0863. The maximum atomic E-state index is 12.7. The Morgan fingerprint density at radius 1 is 0.952 bits per heavy atom. The van der Waals surface area contributed by atoms with Gasteiger partial charge in [0.05, 0.1) is 19.3 Å². The van der Waals surface area contributed by atoms with Gasteiger partial charge in [-0.2, -0.15) is 0 Å². The number of hydrogen-bond acceptors (Lipinski definition) is 4. The quantitative estimate of drug-likeness (QED) is 0.778. The van der Waals surface area contributed by atoms with E-state index in [1.54, 1.807) is 0 Å². The van der Waals surface area contributed by atoms with E-state index in [4.69, 9.17) is 4.74 Å². The van der Waals surface area contributed by atoms with Crippen LogP contribution >= 0.6 is 0 Å². The first-order valence-corrected chi connectivity index (χ1v) is 8.18. The Balaban J connectivity index is 1.63. The Morgan fingerprint density at radius 2 is 1.76 bits per heavy atom. The Labute approximate surface area is 125 Å². The Bertz CT molecular complexity index is 354. The standard InChI is InChI=1S/C15H25N3O3/c19-14(12-4-1-2-6-16-12)18-7-3-5-13(18)15(20)17-8-10-21-11-9-17/h12-13,16H,1-11H2. The molecule has 3 aliphatic rings. The predicted octanol–water partition coefficient (Wildman–Crippen LogP) is -0.0217. The molecule has 0 aromatic carbocycles. The highest BCUT2D eigenvalue weighted by molar-refractivity contribution is 5.90. The molecule has 2 atom stereocenters. The monoisotopic (exact) mass is 295 g/mol. The summed E-state index contributed by atoms with van der Waals surface area (Å²) in [5.74, 6) is 0.235. The number of ether oxygens (including phenoxy) is 1. The fourth-order valence-electron chi connectivity index (χ4n) is 3.54. The fourth-order valence-corrected chi connectivity index (χ4v) is 3.54. The van der Waals surface area contributed by atoms with Crippen LogP contribution in [0.4, 0.5) is 0 Å². The van der Waals surface area contributed by atoms with Crippen molar-refractivity contribution in [3.8, 4) is 0 Å². The summed E-state index contributed by atoms with van der Waals surface area (Å²) in [5.41, 5.74) is 0. The molecule has 1 N–H and O–H groups in total. The van der Waals surface area contributed by atoms with Crippen molar-refractivity contribution in [2.24, 2.45) is 0 Å². The van der Waals surface area contributed by atoms with Crippen LogP contribution in [-0.4, -0.2) is 73.1 Å². The molecule has 0 radical (unpaired) electrons. The summed E-state index contributed by atoms with van der Waals surface area (Å²) in [6, 6.07) is -0.337. The second-order valence-electron chi connectivity index (χ2n) is 6.13. The average Bonchev–Trinajstić information content (AvgIpc) is 3.04. The van der Waals surface area contributed by atoms with Gasteiger partial charge in [0.15, 0.2) is 0 Å². The van der Waals surface area contributed by atoms with Gasteiger partial charge in [0.1, 0.15) is 6.04 Å². The molecule has 0 bridgehead atoms. The van der Waals surface area contributed by atoms with Crippen LogP contribution in [0.5, 0.6) is 0 Å². The van der Waals surface area contributed by atoms with Gasteiger partial charge in [0.25, 0.3) is 0 Å². The third-order valence-electron chi connectivity index (χ3n) is 4.75. The van der Waals surface area contributed by atoms with Crippen LogP contribution in [0.25, 0.3) is 0 Å². The molecule has 6 nitrogen and oxygen atoms in total. The molecule has 3 aliphatic heterocycles. The van der Waals surface area contributed by atoms with Crippen LogP contribution in [0, 0.1) is 0 Å². The summed E-state index contributed by atoms with van der Waals surface area (Å²) < 4.78 is 5.30. The van der Waals surface area contributed by atoms with Gasteiger partial charge in [0.2, 0.25) is 11.8 Å². The third-order valence-corrected chi connectivity index (χ3v) is 4.75. The van der Waals surface area contributed by atoms with Crippen LogP contribution in [0.2, 0.25) is 0 Å². The highest BCUT2D eigenvalue weighted by Gasteiger charge is 2.39. The first kappa shape index (κ1) is 14.8. The number of nitrogens with one attached hydrogen (secondary N) is 1. The maximum Gasteiger partial charge on any atom is 0.245 e. The lowest BCUT2D eigenvalue weighted by molar-refractivity contribution is -0.147. The molecule has 3 rings (SSSR count). The van der Waals surface area contributed by atoms with E-state index in [0.717, 1.165) is 45.2 Å². The van der Waals surface area contributed by atoms with Crippen molar-refractivity contribution >= 4 is 11.8 Å². The lowest BCUT2D eigenvalue weighted by Crippen LogP contribution is -2.55. The van der Waals surface area contributed by atoms with E-state index in [1.807, 2.05) is 9.80 Å². The van der Waals surface area contributed by atoms with Crippen molar-refractivity contribution in [2.75, 3.05) is 39.4 Å². The summed E-state index contributed by atoms with van der Waals surface area (Å²) in [5, 5.41) is 3.30. The molecule has 3 heterocycles. The molecule has 21 heavy (non-hydrogen) atoms. The molecule has 0 aliphatic carbocycles. The first-order chi connectivity index (χ1) is 10.3. The summed E-state index contributed by atoms with van der Waals surface area (Å²) in [6.45, 7) is 4.15. The van der Waals surface area contributed by atoms with Gasteiger partial charge in [-0.05, 0) is 32.2 Å². The van der Waals surface area contributed by atoms with Crippen LogP contribution in [0.3, 0.4) is 0 Å². The molecule has 3 fully saturated rings. The van der Waals surface area contributed by atoms with Crippen molar-refractivity contribution in [3.05, 3.63) is 0 Å². The van der Waals surface area contributed by atoms with Gasteiger partial charge in [0, 0.05) is 19.6 Å². The zero-order valence-corrected chi connectivity index (χ0v) is 12.6. The molecule has 3 saturated heterocycles. The van der Waals surface area contributed by atoms with Gasteiger partial charge in [-0.15, -0.1) is 0 Å². The molecule has 2 unspecified atom stereocenters. The summed E-state index contributed by atoms with van der Waals surface area (Å²) in [7, 11) is 0. The van der Waals surface area contributed by atoms with Crippen LogP contribution in [0.1, 0.15) is 32.1 Å². The molecular formula is C15H25N3O3. The first-order valence-electron chi connectivity index (χ1n) is 8.18. The Morgan fingerprint density at radius 3 is 2.48 bits per heavy atom. The van der Waals surface area contributed by atoms with Crippen molar-refractivity contribution < 1.29 is 14.3 Å². The van der Waals surface area contributed by atoms with E-state index in [1.165, 1.54) is 0 Å². The molecule has 0 aromatic heterocycles. The summed E-state index contributed by atoms with van der Waals surface area (Å²) in [6.07, 6.45) is 4.86. The van der Waals surface area contributed by atoms with Crippen LogP contribution < -0.4 is 5.32 Å². The van der Waals surface area contributed by atoms with E-state index in [0.29, 0.717) is 26.3 Å². The normalized spacial score (nSPS) is 30.5. The number of carbonyl (C=O) groups is 2. The van der Waals surface area contributed by atoms with Crippen molar-refractivity contribution in [2.45, 2.75) is 44.2 Å². The largest absolute Gasteiger partial charge is 0.378 e. The number of amides is 2. The highest BCUT2D eigenvalue weighted by atomic mass is 16.5. The number of rotatable bonds is 2.